The minimum atomic E-state index is 0.0919. The molecule has 5 heteroatoms. The third-order valence-corrected chi connectivity index (χ3v) is 4.73. The highest BCUT2D eigenvalue weighted by Crippen LogP contribution is 2.32. The highest BCUT2D eigenvalue weighted by atomic mass is 32.2. The SMILES string of the molecule is NNC(CSC1CCCC1)c1cnccc1N. The van der Waals surface area contributed by atoms with Gasteiger partial charge in [-0.2, -0.15) is 11.8 Å². The third kappa shape index (κ3) is 3.34. The molecular weight excluding hydrogens is 232 g/mol. The summed E-state index contributed by atoms with van der Waals surface area (Å²) < 4.78 is 0. The van der Waals surface area contributed by atoms with E-state index >= 15 is 0 Å². The second kappa shape index (κ2) is 6.23. The van der Waals surface area contributed by atoms with Crippen LogP contribution >= 0.6 is 11.8 Å². The summed E-state index contributed by atoms with van der Waals surface area (Å²) in [5, 5.41) is 0.795. The van der Waals surface area contributed by atoms with E-state index in [0.717, 1.165) is 22.3 Å². The van der Waals surface area contributed by atoms with Crippen LogP contribution < -0.4 is 17.0 Å². The Hall–Kier alpha value is -0.780. The number of hydrogen-bond acceptors (Lipinski definition) is 5. The molecule has 1 aromatic rings. The van der Waals surface area contributed by atoms with Gasteiger partial charge in [0.05, 0.1) is 6.04 Å². The van der Waals surface area contributed by atoms with Gasteiger partial charge in [0.1, 0.15) is 0 Å². The lowest BCUT2D eigenvalue weighted by Gasteiger charge is -2.19. The van der Waals surface area contributed by atoms with E-state index in [1.807, 2.05) is 17.8 Å². The van der Waals surface area contributed by atoms with Crippen molar-refractivity contribution in [2.75, 3.05) is 11.5 Å². The summed E-state index contributed by atoms with van der Waals surface area (Å²) in [4.78, 5) is 4.11. The number of pyridine rings is 1. The second-order valence-electron chi connectivity index (χ2n) is 4.46. The fourth-order valence-electron chi connectivity index (χ4n) is 2.22. The van der Waals surface area contributed by atoms with E-state index in [4.69, 9.17) is 11.6 Å². The van der Waals surface area contributed by atoms with E-state index in [1.54, 1.807) is 12.4 Å². The van der Waals surface area contributed by atoms with Crippen molar-refractivity contribution in [1.29, 1.82) is 0 Å². The van der Waals surface area contributed by atoms with Gasteiger partial charge in [-0.1, -0.05) is 12.8 Å². The summed E-state index contributed by atoms with van der Waals surface area (Å²) in [6.07, 6.45) is 8.92. The molecule has 17 heavy (non-hydrogen) atoms. The van der Waals surface area contributed by atoms with Crippen molar-refractivity contribution in [3.8, 4) is 0 Å². The number of thioether (sulfide) groups is 1. The zero-order chi connectivity index (χ0) is 12.1. The number of hydrazine groups is 1. The quantitative estimate of drug-likeness (QED) is 0.550. The molecule has 4 nitrogen and oxygen atoms in total. The van der Waals surface area contributed by atoms with E-state index in [-0.39, 0.29) is 6.04 Å². The van der Waals surface area contributed by atoms with Crippen molar-refractivity contribution in [3.05, 3.63) is 24.0 Å². The van der Waals surface area contributed by atoms with Crippen molar-refractivity contribution in [2.24, 2.45) is 5.84 Å². The molecule has 0 bridgehead atoms. The summed E-state index contributed by atoms with van der Waals surface area (Å²) in [7, 11) is 0. The van der Waals surface area contributed by atoms with Crippen molar-refractivity contribution < 1.29 is 0 Å². The number of hydrogen-bond donors (Lipinski definition) is 3. The van der Waals surface area contributed by atoms with Gasteiger partial charge in [-0.05, 0) is 18.9 Å². The first-order valence-corrected chi connectivity index (χ1v) is 7.13. The van der Waals surface area contributed by atoms with E-state index in [0.29, 0.717) is 0 Å². The lowest BCUT2D eigenvalue weighted by molar-refractivity contribution is 0.609. The van der Waals surface area contributed by atoms with Crippen molar-refractivity contribution >= 4 is 17.4 Å². The molecule has 1 fully saturated rings. The molecule has 0 aliphatic heterocycles. The number of nitrogens with zero attached hydrogens (tertiary/aromatic N) is 1. The van der Waals surface area contributed by atoms with Crippen molar-refractivity contribution in [2.45, 2.75) is 37.0 Å². The summed E-state index contributed by atoms with van der Waals surface area (Å²) in [5.74, 6) is 6.57. The minimum absolute atomic E-state index is 0.0919. The molecule has 1 unspecified atom stereocenters. The maximum Gasteiger partial charge on any atom is 0.0586 e. The molecule has 2 rings (SSSR count). The van der Waals surface area contributed by atoms with Crippen LogP contribution in [0.2, 0.25) is 0 Å². The Morgan fingerprint density at radius 3 is 2.88 bits per heavy atom. The molecule has 0 radical (unpaired) electrons. The highest BCUT2D eigenvalue weighted by Gasteiger charge is 2.19. The predicted molar refractivity (Wildman–Crippen MR) is 73.4 cm³/mol. The van der Waals surface area contributed by atoms with Gasteiger partial charge in [0, 0.05) is 34.6 Å². The maximum atomic E-state index is 5.94. The van der Waals surface area contributed by atoms with Gasteiger partial charge in [-0.3, -0.25) is 16.3 Å². The zero-order valence-electron chi connectivity index (χ0n) is 9.93. The van der Waals surface area contributed by atoms with Crippen LogP contribution in [0.3, 0.4) is 0 Å². The number of aromatic nitrogens is 1. The average molecular weight is 252 g/mol. The molecular formula is C12H20N4S. The number of rotatable bonds is 5. The van der Waals surface area contributed by atoms with E-state index in [1.165, 1.54) is 25.7 Å². The number of nitrogens with two attached hydrogens (primary N) is 2. The van der Waals surface area contributed by atoms with Gasteiger partial charge in [-0.15, -0.1) is 0 Å². The van der Waals surface area contributed by atoms with Gasteiger partial charge in [0.25, 0.3) is 0 Å². The van der Waals surface area contributed by atoms with Crippen molar-refractivity contribution in [1.82, 2.24) is 10.4 Å². The maximum absolute atomic E-state index is 5.94. The summed E-state index contributed by atoms with van der Waals surface area (Å²) in [5.41, 5.74) is 10.5. The summed E-state index contributed by atoms with van der Waals surface area (Å²) in [6, 6.07) is 1.91. The van der Waals surface area contributed by atoms with Crippen LogP contribution in [0.25, 0.3) is 0 Å². The molecule has 0 saturated heterocycles. The van der Waals surface area contributed by atoms with Gasteiger partial charge in [0.15, 0.2) is 0 Å². The fraction of sp³-hybridized carbons (Fsp3) is 0.583. The summed E-state index contributed by atoms with van der Waals surface area (Å²) in [6.45, 7) is 0. The molecule has 0 aromatic carbocycles. The Balaban J connectivity index is 1.94. The van der Waals surface area contributed by atoms with Crippen LogP contribution in [-0.2, 0) is 0 Å². The van der Waals surface area contributed by atoms with E-state index in [9.17, 15) is 0 Å². The first kappa shape index (κ1) is 12.7. The Morgan fingerprint density at radius 2 is 2.24 bits per heavy atom. The van der Waals surface area contributed by atoms with Crippen molar-refractivity contribution in [3.63, 3.8) is 0 Å². The molecule has 1 aromatic heterocycles. The molecule has 94 valence electrons. The van der Waals surface area contributed by atoms with Crippen LogP contribution in [-0.4, -0.2) is 16.0 Å². The minimum Gasteiger partial charge on any atom is -0.398 e. The number of nitrogens with one attached hydrogen (secondary N) is 1. The Labute approximate surface area is 107 Å². The van der Waals surface area contributed by atoms with Gasteiger partial charge in [0.2, 0.25) is 0 Å². The average Bonchev–Trinajstić information content (AvgIpc) is 2.85. The van der Waals surface area contributed by atoms with E-state index in [2.05, 4.69) is 10.4 Å². The predicted octanol–water partition coefficient (Wildman–Crippen LogP) is 1.84. The van der Waals surface area contributed by atoms with Crippen LogP contribution in [0.5, 0.6) is 0 Å². The molecule has 1 aliphatic rings. The largest absolute Gasteiger partial charge is 0.398 e. The van der Waals surface area contributed by atoms with Crippen LogP contribution in [0, 0.1) is 0 Å². The Bertz CT molecular complexity index is 352. The number of anilines is 1. The number of nitrogen functional groups attached to an aromatic ring is 1. The molecule has 0 amide bonds. The monoisotopic (exact) mass is 252 g/mol. The van der Waals surface area contributed by atoms with Crippen LogP contribution in [0.1, 0.15) is 37.3 Å². The van der Waals surface area contributed by atoms with Crippen LogP contribution in [0.15, 0.2) is 18.5 Å². The molecule has 1 saturated carbocycles. The third-order valence-electron chi connectivity index (χ3n) is 3.26. The van der Waals surface area contributed by atoms with Gasteiger partial charge >= 0.3 is 0 Å². The molecule has 1 aliphatic carbocycles. The fourth-order valence-corrected chi connectivity index (χ4v) is 3.63. The topological polar surface area (TPSA) is 77.0 Å². The lowest BCUT2D eigenvalue weighted by Crippen LogP contribution is -2.30. The lowest BCUT2D eigenvalue weighted by atomic mass is 10.1. The molecule has 1 heterocycles. The molecule has 1 atom stereocenters. The van der Waals surface area contributed by atoms with Gasteiger partial charge in [-0.25, -0.2) is 0 Å². The smallest absolute Gasteiger partial charge is 0.0586 e. The zero-order valence-corrected chi connectivity index (χ0v) is 10.7. The first-order chi connectivity index (χ1) is 8.31. The first-order valence-electron chi connectivity index (χ1n) is 6.08. The Morgan fingerprint density at radius 1 is 1.47 bits per heavy atom. The Kier molecular flexibility index (Phi) is 4.65. The van der Waals surface area contributed by atoms with E-state index < -0.39 is 0 Å². The normalized spacial score (nSPS) is 18.4. The van der Waals surface area contributed by atoms with Crippen LogP contribution in [0.4, 0.5) is 5.69 Å². The van der Waals surface area contributed by atoms with Gasteiger partial charge < -0.3 is 5.73 Å². The standard InChI is InChI=1S/C12H20N4S/c13-11-5-6-15-7-10(11)12(16-14)8-17-9-3-1-2-4-9/h5-7,9,12,16H,1-4,8,14H2,(H2,13,15). The molecule has 0 spiro atoms. The second-order valence-corrected chi connectivity index (χ2v) is 5.80. The highest BCUT2D eigenvalue weighted by molar-refractivity contribution is 7.99. The molecule has 5 N–H and O–H groups in total. The summed E-state index contributed by atoms with van der Waals surface area (Å²) >= 11 is 1.99.